The molecule has 0 N–H and O–H groups in total. The number of hydrogen-bond donors (Lipinski definition) is 0. The number of benzene rings is 1. The highest BCUT2D eigenvalue weighted by atomic mass is 35.5. The van der Waals surface area contributed by atoms with Gasteiger partial charge in [-0.3, -0.25) is 0 Å². The van der Waals surface area contributed by atoms with Crippen LogP contribution in [0.25, 0.3) is 0 Å². The second-order valence-corrected chi connectivity index (χ2v) is 6.56. The molecule has 2 atom stereocenters. The van der Waals surface area contributed by atoms with E-state index in [9.17, 15) is 8.78 Å². The first-order chi connectivity index (χ1) is 8.87. The van der Waals surface area contributed by atoms with Crippen molar-refractivity contribution in [3.05, 3.63) is 33.8 Å². The first-order valence-corrected chi connectivity index (χ1v) is 7.52. The van der Waals surface area contributed by atoms with Crippen LogP contribution in [0.5, 0.6) is 0 Å². The lowest BCUT2D eigenvalue weighted by Gasteiger charge is -2.31. The van der Waals surface area contributed by atoms with Crippen molar-refractivity contribution in [3.8, 4) is 0 Å². The molecule has 1 aromatic rings. The van der Waals surface area contributed by atoms with Crippen molar-refractivity contribution in [3.63, 3.8) is 0 Å². The van der Waals surface area contributed by atoms with Gasteiger partial charge < -0.3 is 0 Å². The van der Waals surface area contributed by atoms with Crippen molar-refractivity contribution in [2.24, 2.45) is 5.92 Å². The van der Waals surface area contributed by atoms with E-state index in [1.165, 1.54) is 0 Å². The zero-order valence-electron chi connectivity index (χ0n) is 10.3. The molecule has 0 saturated heterocycles. The molecule has 1 saturated carbocycles. The van der Waals surface area contributed by atoms with Crippen LogP contribution in [-0.4, -0.2) is 11.3 Å². The minimum absolute atomic E-state index is 0.0140. The van der Waals surface area contributed by atoms with Crippen LogP contribution in [0.1, 0.15) is 31.2 Å². The average Bonchev–Trinajstić information content (AvgIpc) is 2.32. The zero-order chi connectivity index (χ0) is 14.0. The monoisotopic (exact) mass is 326 g/mol. The Morgan fingerprint density at radius 2 is 2.00 bits per heavy atom. The number of hydrogen-bond acceptors (Lipinski definition) is 0. The Hall–Kier alpha value is -0.0500. The summed E-state index contributed by atoms with van der Waals surface area (Å²) >= 11 is 18.1. The maximum Gasteiger partial charge on any atom is 0.248 e. The highest BCUT2D eigenvalue weighted by molar-refractivity contribution is 6.42. The van der Waals surface area contributed by atoms with Crippen molar-refractivity contribution in [2.75, 3.05) is 0 Å². The Morgan fingerprint density at radius 1 is 1.26 bits per heavy atom. The van der Waals surface area contributed by atoms with E-state index in [1.54, 1.807) is 12.1 Å². The van der Waals surface area contributed by atoms with Gasteiger partial charge in [0.2, 0.25) is 5.92 Å². The Labute approximate surface area is 127 Å². The number of rotatable bonds is 3. The minimum atomic E-state index is -2.56. The molecular weight excluding hydrogens is 313 g/mol. The van der Waals surface area contributed by atoms with E-state index in [0.717, 1.165) is 12.0 Å². The van der Waals surface area contributed by atoms with E-state index < -0.39 is 5.92 Å². The van der Waals surface area contributed by atoms with Crippen LogP contribution in [-0.2, 0) is 6.42 Å². The average molecular weight is 328 g/mol. The second kappa shape index (κ2) is 6.15. The molecule has 0 amide bonds. The third-order valence-electron chi connectivity index (χ3n) is 3.60. The van der Waals surface area contributed by atoms with E-state index in [0.29, 0.717) is 22.9 Å². The van der Waals surface area contributed by atoms with Gasteiger partial charge >= 0.3 is 0 Å². The smallest absolute Gasteiger partial charge is 0.207 e. The lowest BCUT2D eigenvalue weighted by Crippen LogP contribution is -2.31. The Bertz CT molecular complexity index is 448. The molecule has 106 valence electrons. The molecule has 1 aromatic carbocycles. The highest BCUT2D eigenvalue weighted by Crippen LogP contribution is 2.40. The molecule has 0 aliphatic heterocycles. The molecule has 5 heteroatoms. The Balaban J connectivity index is 2.00. The van der Waals surface area contributed by atoms with E-state index >= 15 is 0 Å². The molecule has 2 unspecified atom stereocenters. The van der Waals surface area contributed by atoms with Crippen molar-refractivity contribution in [2.45, 2.75) is 43.4 Å². The molecule has 1 fully saturated rings. The normalized spacial score (nSPS) is 24.2. The maximum absolute atomic E-state index is 13.4. The van der Waals surface area contributed by atoms with Gasteiger partial charge in [0.15, 0.2) is 0 Å². The summed E-state index contributed by atoms with van der Waals surface area (Å²) in [5.74, 6) is -2.70. The largest absolute Gasteiger partial charge is 0.248 e. The van der Waals surface area contributed by atoms with E-state index in [4.69, 9.17) is 34.8 Å². The van der Waals surface area contributed by atoms with E-state index in [-0.39, 0.29) is 24.1 Å². The quantitative estimate of drug-likeness (QED) is 0.600. The van der Waals surface area contributed by atoms with Gasteiger partial charge in [-0.15, -0.1) is 11.6 Å². The lowest BCUT2D eigenvalue weighted by molar-refractivity contribution is -0.0528. The third-order valence-corrected chi connectivity index (χ3v) is 4.85. The van der Waals surface area contributed by atoms with Gasteiger partial charge in [-0.05, 0) is 42.9 Å². The number of alkyl halides is 3. The van der Waals surface area contributed by atoms with Crippen molar-refractivity contribution < 1.29 is 8.78 Å². The molecule has 0 nitrogen and oxygen atoms in total. The molecule has 0 heterocycles. The predicted molar refractivity (Wildman–Crippen MR) is 76.7 cm³/mol. The summed E-state index contributed by atoms with van der Waals surface area (Å²) < 4.78 is 26.7. The molecule has 0 radical (unpaired) electrons. The zero-order valence-corrected chi connectivity index (χ0v) is 12.6. The summed E-state index contributed by atoms with van der Waals surface area (Å²) in [6.07, 6.45) is 1.73. The van der Waals surface area contributed by atoms with Gasteiger partial charge in [0.1, 0.15) is 0 Å². The van der Waals surface area contributed by atoms with Crippen LogP contribution >= 0.6 is 34.8 Å². The van der Waals surface area contributed by atoms with Crippen LogP contribution in [0.2, 0.25) is 10.0 Å². The molecular formula is C14H15Cl3F2. The third kappa shape index (κ3) is 4.21. The Morgan fingerprint density at radius 3 is 2.63 bits per heavy atom. The van der Waals surface area contributed by atoms with E-state index in [2.05, 4.69) is 0 Å². The summed E-state index contributed by atoms with van der Waals surface area (Å²) in [5, 5.41) is 0.668. The number of halogens is 5. The molecule has 1 aliphatic rings. The van der Waals surface area contributed by atoms with Gasteiger partial charge in [-0.1, -0.05) is 29.3 Å². The minimum Gasteiger partial charge on any atom is -0.207 e. The van der Waals surface area contributed by atoms with Crippen LogP contribution in [0, 0.1) is 5.92 Å². The van der Waals surface area contributed by atoms with Crippen LogP contribution in [0.4, 0.5) is 8.78 Å². The Kier molecular flexibility index (Phi) is 4.97. The fourth-order valence-electron chi connectivity index (χ4n) is 2.58. The summed E-state index contributed by atoms with van der Waals surface area (Å²) in [6, 6.07) is 5.29. The maximum atomic E-state index is 13.4. The van der Waals surface area contributed by atoms with Crippen molar-refractivity contribution >= 4 is 34.8 Å². The van der Waals surface area contributed by atoms with Gasteiger partial charge in [-0.2, -0.15) is 0 Å². The predicted octanol–water partition coefficient (Wildman–Crippen LogP) is 5.97. The lowest BCUT2D eigenvalue weighted by atomic mass is 9.82. The topological polar surface area (TPSA) is 0 Å². The van der Waals surface area contributed by atoms with Gasteiger partial charge in [0.05, 0.1) is 10.0 Å². The fraction of sp³-hybridized carbons (Fsp3) is 0.571. The first kappa shape index (κ1) is 15.3. The summed E-state index contributed by atoms with van der Waals surface area (Å²) in [6.45, 7) is 0. The second-order valence-electron chi connectivity index (χ2n) is 5.18. The van der Waals surface area contributed by atoms with Gasteiger partial charge in [0, 0.05) is 18.2 Å². The molecule has 19 heavy (non-hydrogen) atoms. The van der Waals surface area contributed by atoms with Crippen LogP contribution < -0.4 is 0 Å². The van der Waals surface area contributed by atoms with Crippen molar-refractivity contribution in [1.82, 2.24) is 0 Å². The molecule has 0 spiro atoms. The standard InChI is InChI=1S/C14H15Cl3F2/c15-11-4-3-9(7-13(11)17)6-12(16)10-2-1-5-14(18,19)8-10/h3-4,7,10,12H,1-2,5-6,8H2. The summed E-state index contributed by atoms with van der Waals surface area (Å²) in [5.41, 5.74) is 0.934. The van der Waals surface area contributed by atoms with Crippen LogP contribution in [0.15, 0.2) is 18.2 Å². The molecule has 0 aromatic heterocycles. The molecule has 1 aliphatic carbocycles. The molecule has 0 bridgehead atoms. The molecule has 2 rings (SSSR count). The fourth-order valence-corrected chi connectivity index (χ4v) is 3.29. The van der Waals surface area contributed by atoms with Crippen LogP contribution in [0.3, 0.4) is 0 Å². The first-order valence-electron chi connectivity index (χ1n) is 6.33. The van der Waals surface area contributed by atoms with E-state index in [1.807, 2.05) is 6.07 Å². The van der Waals surface area contributed by atoms with Gasteiger partial charge in [0.25, 0.3) is 0 Å². The SMILES string of the molecule is FC1(F)CCCC(C(Cl)Cc2ccc(Cl)c(Cl)c2)C1. The summed E-state index contributed by atoms with van der Waals surface area (Å²) in [4.78, 5) is 0. The summed E-state index contributed by atoms with van der Waals surface area (Å²) in [7, 11) is 0. The highest BCUT2D eigenvalue weighted by Gasteiger charge is 2.38. The van der Waals surface area contributed by atoms with Crippen molar-refractivity contribution in [1.29, 1.82) is 0 Å². The van der Waals surface area contributed by atoms with Gasteiger partial charge in [-0.25, -0.2) is 8.78 Å².